The molecular formula is C17H7F21O. The molecule has 22 heteroatoms. The number of alkyl halides is 21. The molecule has 0 aliphatic heterocycles. The van der Waals surface area contributed by atoms with Crippen molar-refractivity contribution in [3.8, 4) is 5.75 Å². The number of hydrogen-bond acceptors (Lipinski definition) is 1. The fourth-order valence-electron chi connectivity index (χ4n) is 2.57. The van der Waals surface area contributed by atoms with Crippen molar-refractivity contribution < 1.29 is 97.3 Å². The molecule has 39 heavy (non-hydrogen) atoms. The minimum atomic E-state index is -9.19. The summed E-state index contributed by atoms with van der Waals surface area (Å²) in [5.41, 5.74) is -1.27. The van der Waals surface area contributed by atoms with E-state index in [0.29, 0.717) is 12.1 Å². The second kappa shape index (κ2) is 9.03. The van der Waals surface area contributed by atoms with E-state index in [1.54, 1.807) is 0 Å². The maximum absolute atomic E-state index is 13.9. The topological polar surface area (TPSA) is 20.2 Å². The molecule has 1 rings (SSSR count). The lowest BCUT2D eigenvalue weighted by Gasteiger charge is -2.44. The van der Waals surface area contributed by atoms with Crippen LogP contribution in [-0.4, -0.2) is 64.6 Å². The van der Waals surface area contributed by atoms with Crippen molar-refractivity contribution in [3.05, 3.63) is 29.8 Å². The van der Waals surface area contributed by atoms with Gasteiger partial charge in [0.05, 0.1) is 0 Å². The van der Waals surface area contributed by atoms with Crippen LogP contribution in [0.15, 0.2) is 24.3 Å². The fraction of sp³-hybridized carbons (Fsp3) is 0.647. The molecule has 0 atom stereocenters. The van der Waals surface area contributed by atoms with Crippen LogP contribution in [0.5, 0.6) is 5.75 Å². The van der Waals surface area contributed by atoms with Gasteiger partial charge >= 0.3 is 59.5 Å². The van der Waals surface area contributed by atoms with E-state index in [-0.39, 0.29) is 12.1 Å². The third kappa shape index (κ3) is 4.57. The van der Waals surface area contributed by atoms with Gasteiger partial charge in [0.1, 0.15) is 5.75 Å². The lowest BCUT2D eigenvalue weighted by molar-refractivity contribution is -0.474. The minimum Gasteiger partial charge on any atom is -0.508 e. The predicted molar refractivity (Wildman–Crippen MR) is 82.4 cm³/mol. The molecule has 0 heterocycles. The third-order valence-corrected chi connectivity index (χ3v) is 4.94. The Bertz CT molecular complexity index is 1020. The Kier molecular flexibility index (Phi) is 8.01. The maximum atomic E-state index is 13.9. The minimum absolute atomic E-state index is 0.224. The van der Waals surface area contributed by atoms with Gasteiger partial charge in [-0.05, 0) is 17.7 Å². The van der Waals surface area contributed by atoms with Crippen molar-refractivity contribution in [2.75, 3.05) is 0 Å². The largest absolute Gasteiger partial charge is 0.508 e. The smallest absolute Gasteiger partial charge is 0.460 e. The SMILES string of the molecule is Oc1ccc(CC(F)(F)C(F)(F)C(F)(F)C(F)(F)C(F)(F)C(F)(F)C(F)(F)C(F)(F)C(F)(F)C(F)(F)F)cc1. The van der Waals surface area contributed by atoms with Gasteiger partial charge in [0.15, 0.2) is 0 Å². The highest BCUT2D eigenvalue weighted by Crippen LogP contribution is 2.66. The Morgan fingerprint density at radius 1 is 0.385 bits per heavy atom. The zero-order valence-corrected chi connectivity index (χ0v) is 17.4. The van der Waals surface area contributed by atoms with Gasteiger partial charge in [-0.25, -0.2) is 0 Å². The lowest BCUT2D eigenvalue weighted by atomic mass is 9.85. The highest BCUT2D eigenvalue weighted by Gasteiger charge is 2.97. The van der Waals surface area contributed by atoms with E-state index in [9.17, 15) is 92.2 Å². The Labute approximate surface area is 200 Å². The molecule has 0 bridgehead atoms. The summed E-state index contributed by atoms with van der Waals surface area (Å²) in [4.78, 5) is 0. The van der Waals surface area contributed by atoms with Crippen LogP contribution in [0.2, 0.25) is 0 Å². The van der Waals surface area contributed by atoms with Crippen molar-refractivity contribution in [1.82, 2.24) is 0 Å². The monoisotopic (exact) mass is 626 g/mol. The van der Waals surface area contributed by atoms with Crippen molar-refractivity contribution in [2.24, 2.45) is 0 Å². The highest BCUT2D eigenvalue weighted by molar-refractivity contribution is 5.27. The van der Waals surface area contributed by atoms with Crippen molar-refractivity contribution in [1.29, 1.82) is 0 Å². The van der Waals surface area contributed by atoms with Gasteiger partial charge < -0.3 is 5.11 Å². The van der Waals surface area contributed by atoms with E-state index in [2.05, 4.69) is 0 Å². The van der Waals surface area contributed by atoms with Crippen molar-refractivity contribution in [2.45, 2.75) is 65.9 Å². The van der Waals surface area contributed by atoms with E-state index < -0.39 is 77.2 Å². The van der Waals surface area contributed by atoms with Gasteiger partial charge in [-0.15, -0.1) is 0 Å². The van der Waals surface area contributed by atoms with Crippen LogP contribution < -0.4 is 0 Å². The molecule has 0 aromatic heterocycles. The standard InChI is InChI=1S/C17H7F21O/c18-8(19,5-6-1-3-7(39)4-2-6)9(20,21)10(22,23)11(24,25)12(26,27)13(28,29)14(30,31)15(32,33)16(34,35)17(36,37)38/h1-4,39H,5H2. The maximum Gasteiger partial charge on any atom is 0.460 e. The first-order valence-corrected chi connectivity index (χ1v) is 8.97. The Hall–Kier alpha value is -2.45. The number of aromatic hydroxyl groups is 1. The van der Waals surface area contributed by atoms with Gasteiger partial charge in [-0.3, -0.25) is 0 Å². The van der Waals surface area contributed by atoms with Gasteiger partial charge in [0, 0.05) is 6.42 Å². The molecule has 0 saturated carbocycles. The van der Waals surface area contributed by atoms with Crippen molar-refractivity contribution >= 4 is 0 Å². The molecule has 0 aliphatic carbocycles. The zero-order valence-electron chi connectivity index (χ0n) is 17.4. The molecule has 0 spiro atoms. The number of rotatable bonds is 10. The van der Waals surface area contributed by atoms with Crippen LogP contribution in [0.3, 0.4) is 0 Å². The quantitative estimate of drug-likeness (QED) is 0.260. The zero-order chi connectivity index (χ0) is 31.7. The molecule has 0 aliphatic rings. The van der Waals surface area contributed by atoms with E-state index in [0.717, 1.165) is 0 Å². The number of phenols is 1. The van der Waals surface area contributed by atoms with Gasteiger partial charge in [-0.2, -0.15) is 92.2 Å². The Morgan fingerprint density at radius 2 is 0.641 bits per heavy atom. The summed E-state index contributed by atoms with van der Waals surface area (Å²) in [5, 5.41) is 8.90. The summed E-state index contributed by atoms with van der Waals surface area (Å²) in [6, 6.07) is 1.23. The molecule has 0 amide bonds. The van der Waals surface area contributed by atoms with Gasteiger partial charge in [0.2, 0.25) is 0 Å². The Balaban J connectivity index is 3.71. The second-order valence-electron chi connectivity index (χ2n) is 7.64. The fourth-order valence-corrected chi connectivity index (χ4v) is 2.57. The number of hydrogen-bond donors (Lipinski definition) is 1. The van der Waals surface area contributed by atoms with E-state index in [4.69, 9.17) is 5.11 Å². The summed E-state index contributed by atoms with van der Waals surface area (Å²) < 4.78 is 279. The Morgan fingerprint density at radius 3 is 0.923 bits per heavy atom. The second-order valence-corrected chi connectivity index (χ2v) is 7.64. The summed E-state index contributed by atoms with van der Waals surface area (Å²) in [5.74, 6) is -77.9. The molecule has 1 N–H and O–H groups in total. The van der Waals surface area contributed by atoms with Crippen LogP contribution in [0.25, 0.3) is 0 Å². The van der Waals surface area contributed by atoms with E-state index >= 15 is 0 Å². The van der Waals surface area contributed by atoms with Crippen LogP contribution >= 0.6 is 0 Å². The molecule has 0 fully saturated rings. The summed E-state index contributed by atoms with van der Waals surface area (Å²) in [7, 11) is 0. The first-order chi connectivity index (χ1) is 16.7. The average molecular weight is 626 g/mol. The number of benzene rings is 1. The molecule has 1 aromatic rings. The normalized spacial score (nSPS) is 16.0. The first kappa shape index (κ1) is 34.6. The predicted octanol–water partition coefficient (Wildman–Crippen LogP) is 8.21. The third-order valence-electron chi connectivity index (χ3n) is 4.94. The summed E-state index contributed by atoms with van der Waals surface area (Å²) in [6.07, 6.45) is -10.9. The molecular weight excluding hydrogens is 619 g/mol. The molecule has 1 aromatic carbocycles. The molecule has 228 valence electrons. The molecule has 0 radical (unpaired) electrons. The summed E-state index contributed by atoms with van der Waals surface area (Å²) >= 11 is 0. The average Bonchev–Trinajstić information content (AvgIpc) is 2.73. The van der Waals surface area contributed by atoms with Crippen LogP contribution in [-0.2, 0) is 6.42 Å². The van der Waals surface area contributed by atoms with Crippen LogP contribution in [0.1, 0.15) is 5.56 Å². The summed E-state index contributed by atoms with van der Waals surface area (Å²) in [6.45, 7) is 0. The molecule has 1 nitrogen and oxygen atoms in total. The van der Waals surface area contributed by atoms with Crippen LogP contribution in [0.4, 0.5) is 92.2 Å². The van der Waals surface area contributed by atoms with Gasteiger partial charge in [-0.1, -0.05) is 12.1 Å². The number of halogens is 21. The molecule has 0 unspecified atom stereocenters. The lowest BCUT2D eigenvalue weighted by Crippen LogP contribution is -2.76. The number of phenolic OH excluding ortho intramolecular Hbond substituents is 1. The van der Waals surface area contributed by atoms with Gasteiger partial charge in [0.25, 0.3) is 0 Å². The van der Waals surface area contributed by atoms with E-state index in [1.165, 1.54) is 0 Å². The van der Waals surface area contributed by atoms with Crippen molar-refractivity contribution in [3.63, 3.8) is 0 Å². The first-order valence-electron chi connectivity index (χ1n) is 8.97. The highest BCUT2D eigenvalue weighted by atomic mass is 19.4. The van der Waals surface area contributed by atoms with E-state index in [1.807, 2.05) is 0 Å². The van der Waals surface area contributed by atoms with Crippen LogP contribution in [0, 0.1) is 0 Å². The molecule has 0 saturated heterocycles.